The van der Waals surface area contributed by atoms with Crippen molar-refractivity contribution in [1.29, 1.82) is 5.26 Å². The molecule has 1 aromatic heterocycles. The molecule has 0 saturated heterocycles. The number of nitrogens with one attached hydrogen (secondary N) is 1. The molecule has 106 valence electrons. The van der Waals surface area contributed by atoms with Crippen molar-refractivity contribution in [3.8, 4) is 6.07 Å². The van der Waals surface area contributed by atoms with Gasteiger partial charge in [0.05, 0.1) is 26.9 Å². The number of rotatable bonds is 4. The van der Waals surface area contributed by atoms with E-state index >= 15 is 0 Å². The van der Waals surface area contributed by atoms with Crippen molar-refractivity contribution in [2.45, 2.75) is 17.2 Å². The molecule has 6 heteroatoms. The third-order valence-electron chi connectivity index (χ3n) is 2.63. The van der Waals surface area contributed by atoms with E-state index < -0.39 is 0 Å². The normalized spacial score (nSPS) is 11.5. The van der Waals surface area contributed by atoms with E-state index in [9.17, 15) is 4.79 Å². The van der Waals surface area contributed by atoms with Crippen LogP contribution in [0.1, 0.15) is 12.5 Å². The first-order valence-electron chi connectivity index (χ1n) is 6.18. The number of amides is 1. The maximum atomic E-state index is 12.1. The van der Waals surface area contributed by atoms with Gasteiger partial charge in [-0.3, -0.25) is 4.79 Å². The molecule has 0 aliphatic heterocycles. The summed E-state index contributed by atoms with van der Waals surface area (Å²) in [6, 6.07) is 12.3. The highest BCUT2D eigenvalue weighted by atomic mass is 35.5. The summed E-state index contributed by atoms with van der Waals surface area (Å²) in [4.78, 5) is 16.3. The van der Waals surface area contributed by atoms with Crippen LogP contribution in [-0.4, -0.2) is 16.1 Å². The summed E-state index contributed by atoms with van der Waals surface area (Å²) in [5, 5.41) is 12.6. The molecule has 21 heavy (non-hydrogen) atoms. The zero-order valence-corrected chi connectivity index (χ0v) is 12.8. The fourth-order valence-corrected chi connectivity index (χ4v) is 2.48. The summed E-state index contributed by atoms with van der Waals surface area (Å²) in [5.74, 6) is -0.146. The average molecular weight is 318 g/mol. The molecule has 0 fully saturated rings. The minimum absolute atomic E-state index is 0.146. The molecule has 0 spiro atoms. The van der Waals surface area contributed by atoms with Crippen LogP contribution in [0.4, 0.5) is 5.69 Å². The predicted molar refractivity (Wildman–Crippen MR) is 84.4 cm³/mol. The predicted octanol–water partition coefficient (Wildman–Crippen LogP) is 3.73. The van der Waals surface area contributed by atoms with Gasteiger partial charge in [0.25, 0.3) is 0 Å². The molecule has 2 aromatic rings. The van der Waals surface area contributed by atoms with Gasteiger partial charge in [0.2, 0.25) is 5.91 Å². The molecule has 1 aromatic carbocycles. The average Bonchev–Trinajstić information content (AvgIpc) is 2.49. The van der Waals surface area contributed by atoms with Crippen LogP contribution in [0.15, 0.2) is 47.6 Å². The number of carbonyl (C=O) groups is 1. The van der Waals surface area contributed by atoms with Gasteiger partial charge in [0, 0.05) is 11.9 Å². The number of pyridine rings is 1. The maximum absolute atomic E-state index is 12.1. The van der Waals surface area contributed by atoms with Gasteiger partial charge in [-0.15, -0.1) is 0 Å². The number of aromatic nitrogens is 1. The molecule has 1 heterocycles. The molecule has 0 bridgehead atoms. The largest absolute Gasteiger partial charge is 0.325 e. The highest BCUT2D eigenvalue weighted by Crippen LogP contribution is 2.23. The van der Waals surface area contributed by atoms with Gasteiger partial charge in [-0.25, -0.2) is 4.98 Å². The van der Waals surface area contributed by atoms with Gasteiger partial charge in [-0.1, -0.05) is 29.4 Å². The third kappa shape index (κ3) is 4.48. The van der Waals surface area contributed by atoms with Crippen LogP contribution in [-0.2, 0) is 4.79 Å². The van der Waals surface area contributed by atoms with Gasteiger partial charge in [-0.05, 0) is 37.3 Å². The maximum Gasteiger partial charge on any atom is 0.237 e. The summed E-state index contributed by atoms with van der Waals surface area (Å²) < 4.78 is 0. The number of nitrogens with zero attached hydrogens (tertiary/aromatic N) is 2. The summed E-state index contributed by atoms with van der Waals surface area (Å²) in [7, 11) is 0. The molecule has 0 aliphatic rings. The van der Waals surface area contributed by atoms with Crippen molar-refractivity contribution in [2.75, 3.05) is 5.32 Å². The van der Waals surface area contributed by atoms with Crippen molar-refractivity contribution in [3.05, 3.63) is 53.2 Å². The minimum Gasteiger partial charge on any atom is -0.325 e. The number of hydrogen-bond donors (Lipinski definition) is 1. The molecule has 1 N–H and O–H groups in total. The topological polar surface area (TPSA) is 65.8 Å². The Morgan fingerprint density at radius 3 is 2.90 bits per heavy atom. The molecule has 1 unspecified atom stereocenters. The van der Waals surface area contributed by atoms with Crippen LogP contribution < -0.4 is 5.32 Å². The lowest BCUT2D eigenvalue weighted by Gasteiger charge is -2.11. The molecular weight excluding hydrogens is 306 g/mol. The molecule has 1 atom stereocenters. The van der Waals surface area contributed by atoms with E-state index in [1.807, 2.05) is 6.07 Å². The highest BCUT2D eigenvalue weighted by molar-refractivity contribution is 8.00. The van der Waals surface area contributed by atoms with Crippen LogP contribution >= 0.6 is 23.4 Å². The van der Waals surface area contributed by atoms with Crippen molar-refractivity contribution >= 4 is 35.0 Å². The number of thioether (sulfide) groups is 1. The summed E-state index contributed by atoms with van der Waals surface area (Å²) >= 11 is 7.11. The second-order valence-corrected chi connectivity index (χ2v) is 6.05. The Kier molecular flexibility index (Phi) is 5.20. The minimum atomic E-state index is -0.315. The first-order valence-corrected chi connectivity index (χ1v) is 7.43. The first kappa shape index (κ1) is 15.4. The number of hydrogen-bond acceptors (Lipinski definition) is 4. The lowest BCUT2D eigenvalue weighted by Crippen LogP contribution is -2.22. The van der Waals surface area contributed by atoms with E-state index in [2.05, 4.69) is 10.3 Å². The van der Waals surface area contributed by atoms with Gasteiger partial charge in [0.1, 0.15) is 0 Å². The molecule has 4 nitrogen and oxygen atoms in total. The van der Waals surface area contributed by atoms with Crippen LogP contribution in [0.5, 0.6) is 0 Å². The standard InChI is InChI=1S/C15H12ClN3OS/c1-10(21-14-6-5-12(16)9-18-14)15(20)19-13-4-2-3-11(7-13)8-17/h2-7,9-10H,1H3,(H,19,20). The number of nitriles is 1. The number of anilines is 1. The van der Waals surface area contributed by atoms with Gasteiger partial charge in [-0.2, -0.15) is 5.26 Å². The Bertz CT molecular complexity index is 682. The number of benzene rings is 1. The van der Waals surface area contributed by atoms with Crippen LogP contribution in [0.3, 0.4) is 0 Å². The lowest BCUT2D eigenvalue weighted by molar-refractivity contribution is -0.115. The van der Waals surface area contributed by atoms with E-state index in [0.29, 0.717) is 16.3 Å². The van der Waals surface area contributed by atoms with Crippen LogP contribution in [0.2, 0.25) is 5.02 Å². The second kappa shape index (κ2) is 7.11. The molecule has 0 saturated carbocycles. The molecular formula is C15H12ClN3OS. The van der Waals surface area contributed by atoms with Gasteiger partial charge >= 0.3 is 0 Å². The highest BCUT2D eigenvalue weighted by Gasteiger charge is 2.15. The number of halogens is 1. The quantitative estimate of drug-likeness (QED) is 0.873. The Morgan fingerprint density at radius 2 is 2.24 bits per heavy atom. The first-order chi connectivity index (χ1) is 10.1. The zero-order chi connectivity index (χ0) is 15.2. The molecule has 0 aliphatic carbocycles. The van der Waals surface area contributed by atoms with Crippen molar-refractivity contribution in [3.63, 3.8) is 0 Å². The second-order valence-electron chi connectivity index (χ2n) is 4.26. The Hall–Kier alpha value is -2.03. The van der Waals surface area contributed by atoms with Crippen molar-refractivity contribution in [2.24, 2.45) is 0 Å². The fourth-order valence-electron chi connectivity index (χ4n) is 1.58. The Balaban J connectivity index is 1.99. The molecule has 1 amide bonds. The van der Waals surface area contributed by atoms with Gasteiger partial charge < -0.3 is 5.32 Å². The van der Waals surface area contributed by atoms with Gasteiger partial charge in [0.15, 0.2) is 0 Å². The van der Waals surface area contributed by atoms with Crippen molar-refractivity contribution < 1.29 is 4.79 Å². The lowest BCUT2D eigenvalue weighted by atomic mass is 10.2. The number of carbonyl (C=O) groups excluding carboxylic acids is 1. The van der Waals surface area contributed by atoms with E-state index in [4.69, 9.17) is 16.9 Å². The fraction of sp³-hybridized carbons (Fsp3) is 0.133. The third-order valence-corrected chi connectivity index (χ3v) is 3.90. The van der Waals surface area contributed by atoms with Crippen LogP contribution in [0, 0.1) is 11.3 Å². The monoisotopic (exact) mass is 317 g/mol. The SMILES string of the molecule is CC(Sc1ccc(Cl)cn1)C(=O)Nc1cccc(C#N)c1. The molecule has 2 rings (SSSR count). The van der Waals surface area contributed by atoms with E-state index in [1.54, 1.807) is 49.5 Å². The van der Waals surface area contributed by atoms with E-state index in [-0.39, 0.29) is 11.2 Å². The van der Waals surface area contributed by atoms with E-state index in [0.717, 1.165) is 5.03 Å². The summed E-state index contributed by atoms with van der Waals surface area (Å²) in [6.07, 6.45) is 1.55. The smallest absolute Gasteiger partial charge is 0.237 e. The molecule has 0 radical (unpaired) electrons. The van der Waals surface area contributed by atoms with Crippen molar-refractivity contribution in [1.82, 2.24) is 4.98 Å². The Morgan fingerprint density at radius 1 is 1.43 bits per heavy atom. The zero-order valence-electron chi connectivity index (χ0n) is 11.2. The Labute approximate surface area is 132 Å². The summed E-state index contributed by atoms with van der Waals surface area (Å²) in [6.45, 7) is 1.80. The van der Waals surface area contributed by atoms with E-state index in [1.165, 1.54) is 11.8 Å². The summed E-state index contributed by atoms with van der Waals surface area (Å²) in [5.41, 5.74) is 1.11. The van der Waals surface area contributed by atoms with Crippen LogP contribution in [0.25, 0.3) is 0 Å².